The quantitative estimate of drug-likeness (QED) is 0.109. The number of esters is 1. The van der Waals surface area contributed by atoms with Crippen molar-refractivity contribution in [2.75, 3.05) is 18.1 Å². The number of anilines is 1. The second kappa shape index (κ2) is 12.3. The van der Waals surface area contributed by atoms with Crippen LogP contribution >= 0.6 is 11.3 Å². The van der Waals surface area contributed by atoms with Gasteiger partial charge >= 0.3 is 11.9 Å². The number of rotatable bonds is 10. The number of amides is 1. The maximum Gasteiger partial charge on any atom is 0.350 e. The number of hydrogen-bond acceptors (Lipinski definition) is 8. The zero-order chi connectivity index (χ0) is 28.1. The van der Waals surface area contributed by atoms with Crippen molar-refractivity contribution in [1.29, 1.82) is 0 Å². The van der Waals surface area contributed by atoms with Gasteiger partial charge in [-0.05, 0) is 62.1 Å². The Morgan fingerprint density at radius 2 is 1.74 bits per heavy atom. The summed E-state index contributed by atoms with van der Waals surface area (Å²) >= 11 is 0.984. The molecule has 1 fully saturated rings. The van der Waals surface area contributed by atoms with E-state index >= 15 is 0 Å². The third-order valence-corrected chi connectivity index (χ3v) is 7.63. The molecule has 39 heavy (non-hydrogen) atoms. The molecule has 0 bridgehead atoms. The monoisotopic (exact) mass is 548 g/mol. The summed E-state index contributed by atoms with van der Waals surface area (Å²) in [5, 5.41) is 11.6. The maximum absolute atomic E-state index is 13.4. The summed E-state index contributed by atoms with van der Waals surface area (Å²) < 4.78 is 10.8. The van der Waals surface area contributed by atoms with Crippen molar-refractivity contribution in [3.05, 3.63) is 81.4 Å². The summed E-state index contributed by atoms with van der Waals surface area (Å²) in [5.41, 5.74) is 2.46. The molecule has 0 radical (unpaired) electrons. The molecule has 1 N–H and O–H groups in total. The average molecular weight is 549 g/mol. The van der Waals surface area contributed by atoms with Crippen LogP contribution in [0.4, 0.5) is 5.13 Å². The molecule has 0 unspecified atom stereocenters. The van der Waals surface area contributed by atoms with Crippen molar-refractivity contribution in [1.82, 2.24) is 4.98 Å². The highest BCUT2D eigenvalue weighted by molar-refractivity contribution is 7.17. The number of aryl methyl sites for hydroxylation is 2. The molecule has 9 heteroatoms. The van der Waals surface area contributed by atoms with Gasteiger partial charge in [0.25, 0.3) is 5.78 Å². The second-order valence-corrected chi connectivity index (χ2v) is 10.1. The molecule has 1 aliphatic heterocycles. The molecular formula is C30H32N2O6S. The Hall–Kier alpha value is -3.98. The Kier molecular flexibility index (Phi) is 8.81. The highest BCUT2D eigenvalue weighted by Crippen LogP contribution is 2.44. The Balaban J connectivity index is 1.81. The van der Waals surface area contributed by atoms with E-state index in [2.05, 4.69) is 11.9 Å². The number of unbranched alkanes of at least 4 members (excludes halogenated alkanes) is 1. The molecule has 8 nitrogen and oxygen atoms in total. The molecule has 2 aromatic carbocycles. The topological polar surface area (TPSA) is 106 Å². The molecular weight excluding hydrogens is 516 g/mol. The minimum absolute atomic E-state index is 0.0468. The summed E-state index contributed by atoms with van der Waals surface area (Å²) in [6, 6.07) is 13.4. The van der Waals surface area contributed by atoms with Crippen molar-refractivity contribution in [2.45, 2.75) is 53.0 Å². The first-order valence-electron chi connectivity index (χ1n) is 13.1. The van der Waals surface area contributed by atoms with Gasteiger partial charge < -0.3 is 14.6 Å². The number of hydrogen-bond donors (Lipinski definition) is 1. The minimum Gasteiger partial charge on any atom is -0.507 e. The first kappa shape index (κ1) is 28.0. The summed E-state index contributed by atoms with van der Waals surface area (Å²) in [7, 11) is 0. The first-order chi connectivity index (χ1) is 18.8. The lowest BCUT2D eigenvalue weighted by atomic mass is 9.94. The number of thiazole rings is 1. The Morgan fingerprint density at radius 3 is 2.36 bits per heavy atom. The van der Waals surface area contributed by atoms with Gasteiger partial charge in [0.2, 0.25) is 0 Å². The van der Waals surface area contributed by atoms with E-state index in [1.54, 1.807) is 38.1 Å². The molecule has 0 saturated carbocycles. The molecule has 1 atom stereocenters. The Morgan fingerprint density at radius 1 is 1.05 bits per heavy atom. The first-order valence-corrected chi connectivity index (χ1v) is 13.9. The van der Waals surface area contributed by atoms with E-state index in [9.17, 15) is 19.5 Å². The fourth-order valence-electron chi connectivity index (χ4n) is 4.35. The van der Waals surface area contributed by atoms with Gasteiger partial charge in [0.05, 0.1) is 30.5 Å². The number of aromatic nitrogens is 1. The van der Waals surface area contributed by atoms with E-state index in [1.165, 1.54) is 4.90 Å². The van der Waals surface area contributed by atoms with E-state index in [-0.39, 0.29) is 27.9 Å². The van der Waals surface area contributed by atoms with Crippen molar-refractivity contribution in [3.8, 4) is 5.75 Å². The molecule has 204 valence electrons. The number of aliphatic hydroxyl groups excluding tert-OH is 1. The highest BCUT2D eigenvalue weighted by atomic mass is 32.1. The third-order valence-electron chi connectivity index (χ3n) is 6.49. The van der Waals surface area contributed by atoms with Crippen molar-refractivity contribution in [2.24, 2.45) is 0 Å². The lowest BCUT2D eigenvalue weighted by Crippen LogP contribution is -2.29. The van der Waals surface area contributed by atoms with Gasteiger partial charge in [-0.25, -0.2) is 9.78 Å². The zero-order valence-corrected chi connectivity index (χ0v) is 23.3. The lowest BCUT2D eigenvalue weighted by Gasteiger charge is -2.23. The van der Waals surface area contributed by atoms with Crippen LogP contribution in [0.25, 0.3) is 5.76 Å². The number of carbonyl (C=O) groups is 3. The molecule has 1 saturated heterocycles. The van der Waals surface area contributed by atoms with Crippen LogP contribution in [0, 0.1) is 6.92 Å². The number of ketones is 1. The number of nitrogens with zero attached hydrogens (tertiary/aromatic N) is 2. The van der Waals surface area contributed by atoms with Gasteiger partial charge in [0, 0.05) is 5.56 Å². The Bertz CT molecular complexity index is 1390. The fraction of sp³-hybridized carbons (Fsp3) is 0.333. The van der Waals surface area contributed by atoms with Gasteiger partial charge in [-0.2, -0.15) is 0 Å². The third kappa shape index (κ3) is 5.73. The number of ether oxygens (including phenoxy) is 2. The number of aliphatic hydroxyl groups is 1. The van der Waals surface area contributed by atoms with Crippen LogP contribution in [0.1, 0.15) is 71.7 Å². The van der Waals surface area contributed by atoms with Gasteiger partial charge in [0.15, 0.2) is 5.13 Å². The van der Waals surface area contributed by atoms with Crippen LogP contribution in [-0.2, 0) is 20.7 Å². The molecule has 4 rings (SSSR count). The SMILES string of the molecule is CCCCOc1ccc(C(O)=C2C(=O)C(=O)N(c3nc(C)c(C(=O)OCC)s3)[C@H]2c2ccc(CC)cc2)cc1. The van der Waals surface area contributed by atoms with Gasteiger partial charge in [-0.1, -0.05) is 55.9 Å². The number of Topliss-reactive ketones (excluding diaryl/α,β-unsaturated/α-hetero) is 1. The van der Waals surface area contributed by atoms with Crippen LogP contribution in [-0.4, -0.2) is 41.0 Å². The smallest absolute Gasteiger partial charge is 0.350 e. The lowest BCUT2D eigenvalue weighted by molar-refractivity contribution is -0.132. The molecule has 1 aliphatic rings. The fourth-order valence-corrected chi connectivity index (χ4v) is 5.34. The van der Waals surface area contributed by atoms with Crippen LogP contribution in [0.2, 0.25) is 0 Å². The largest absolute Gasteiger partial charge is 0.507 e. The molecule has 1 aromatic heterocycles. The standard InChI is InChI=1S/C30H32N2O6S/c1-5-8-17-38-22-15-13-21(14-16-22)25(33)23-24(20-11-9-19(6-2)10-12-20)32(28(35)26(23)34)30-31-18(4)27(39-30)29(36)37-7-3/h9-16,24,33H,5-8,17H2,1-4H3/t24-/m0/s1. The van der Waals surface area contributed by atoms with Crippen molar-refractivity contribution < 1.29 is 29.0 Å². The molecule has 1 amide bonds. The van der Waals surface area contributed by atoms with Crippen molar-refractivity contribution in [3.63, 3.8) is 0 Å². The minimum atomic E-state index is -0.933. The summed E-state index contributed by atoms with van der Waals surface area (Å²) in [6.45, 7) is 8.25. The normalized spacial score (nSPS) is 16.5. The van der Waals surface area contributed by atoms with E-state index in [1.807, 2.05) is 31.2 Å². The zero-order valence-electron chi connectivity index (χ0n) is 22.5. The van der Waals surface area contributed by atoms with Crippen molar-refractivity contribution >= 4 is 39.9 Å². The summed E-state index contributed by atoms with van der Waals surface area (Å²) in [4.78, 5) is 45.3. The number of benzene rings is 2. The van der Waals surface area contributed by atoms with Gasteiger partial charge in [0.1, 0.15) is 16.4 Å². The number of carbonyl (C=O) groups excluding carboxylic acids is 3. The van der Waals surface area contributed by atoms with Crippen LogP contribution in [0.3, 0.4) is 0 Å². The second-order valence-electron chi connectivity index (χ2n) is 9.12. The molecule has 2 heterocycles. The highest BCUT2D eigenvalue weighted by Gasteiger charge is 2.48. The predicted octanol–water partition coefficient (Wildman–Crippen LogP) is 6.00. The van der Waals surface area contributed by atoms with Crippen LogP contribution in [0.5, 0.6) is 5.75 Å². The van der Waals surface area contributed by atoms with Gasteiger partial charge in [-0.3, -0.25) is 14.5 Å². The molecule has 3 aromatic rings. The van der Waals surface area contributed by atoms with Gasteiger partial charge in [-0.15, -0.1) is 0 Å². The predicted molar refractivity (Wildman–Crippen MR) is 150 cm³/mol. The molecule has 0 aliphatic carbocycles. The van der Waals surface area contributed by atoms with Crippen LogP contribution in [0.15, 0.2) is 54.1 Å². The van der Waals surface area contributed by atoms with E-state index < -0.39 is 23.7 Å². The van der Waals surface area contributed by atoms with E-state index in [0.717, 1.165) is 36.2 Å². The summed E-state index contributed by atoms with van der Waals surface area (Å²) in [6.07, 6.45) is 2.76. The summed E-state index contributed by atoms with van der Waals surface area (Å²) in [5.74, 6) is -1.84. The molecule has 0 spiro atoms. The average Bonchev–Trinajstić information content (AvgIpc) is 3.45. The maximum atomic E-state index is 13.4. The van der Waals surface area contributed by atoms with E-state index in [4.69, 9.17) is 9.47 Å². The van der Waals surface area contributed by atoms with E-state index in [0.29, 0.717) is 29.2 Å². The van der Waals surface area contributed by atoms with Crippen LogP contribution < -0.4 is 9.64 Å². The Labute approximate surface area is 231 Å².